The van der Waals surface area contributed by atoms with Gasteiger partial charge in [-0.1, -0.05) is 36.4 Å². The fourth-order valence-electron chi connectivity index (χ4n) is 1.77. The van der Waals surface area contributed by atoms with Crippen molar-refractivity contribution in [2.75, 3.05) is 0 Å². The summed E-state index contributed by atoms with van der Waals surface area (Å²) in [7, 11) is 0. The van der Waals surface area contributed by atoms with Crippen molar-refractivity contribution in [1.29, 1.82) is 0 Å². The molecular weight excluding hydrogens is 240 g/mol. The summed E-state index contributed by atoms with van der Waals surface area (Å²) in [5.41, 5.74) is 2.77. The van der Waals surface area contributed by atoms with Crippen LogP contribution in [0.2, 0.25) is 0 Å². The van der Waals surface area contributed by atoms with Gasteiger partial charge in [0.25, 0.3) is 0 Å². The lowest BCUT2D eigenvalue weighted by atomic mass is 10.1. The lowest BCUT2D eigenvalue weighted by Gasteiger charge is -2.10. The van der Waals surface area contributed by atoms with Gasteiger partial charge in [0, 0.05) is 0 Å². The number of rotatable bonds is 5. The molecule has 3 heteroatoms. The van der Waals surface area contributed by atoms with Crippen LogP contribution in [0.3, 0.4) is 0 Å². The Morgan fingerprint density at radius 3 is 2.37 bits per heavy atom. The Kier molecular flexibility index (Phi) is 4.55. The summed E-state index contributed by atoms with van der Waals surface area (Å²) in [4.78, 5) is 0. The topological polar surface area (TPSA) is 49.7 Å². The highest BCUT2D eigenvalue weighted by molar-refractivity contribution is 5.30. The molecule has 1 atom stereocenters. The zero-order chi connectivity index (χ0) is 13.7. The van der Waals surface area contributed by atoms with E-state index in [-0.39, 0.29) is 6.61 Å². The summed E-state index contributed by atoms with van der Waals surface area (Å²) in [6.45, 7) is 2.25. The molecule has 0 saturated heterocycles. The molecule has 3 nitrogen and oxygen atoms in total. The first-order valence-electron chi connectivity index (χ1n) is 6.28. The average Bonchev–Trinajstić information content (AvgIpc) is 2.46. The lowest BCUT2D eigenvalue weighted by molar-refractivity contribution is 0.198. The van der Waals surface area contributed by atoms with Crippen LogP contribution in [0, 0.1) is 0 Å². The molecular formula is C16H18O3. The van der Waals surface area contributed by atoms with Crippen molar-refractivity contribution in [3.05, 3.63) is 65.2 Å². The second kappa shape index (κ2) is 6.36. The number of hydrogen-bond acceptors (Lipinski definition) is 3. The maximum atomic E-state index is 9.51. The van der Waals surface area contributed by atoms with Crippen LogP contribution in [0.4, 0.5) is 0 Å². The molecule has 0 heterocycles. The molecule has 0 bridgehead atoms. The lowest BCUT2D eigenvalue weighted by Crippen LogP contribution is -1.97. The van der Waals surface area contributed by atoms with Crippen LogP contribution in [-0.4, -0.2) is 10.2 Å². The number of aliphatic hydroxyl groups excluding tert-OH is 2. The average molecular weight is 258 g/mol. The zero-order valence-corrected chi connectivity index (χ0v) is 10.9. The summed E-state index contributed by atoms with van der Waals surface area (Å²) < 4.78 is 5.68. The molecule has 0 spiro atoms. The minimum Gasteiger partial charge on any atom is -0.489 e. The van der Waals surface area contributed by atoms with Crippen LogP contribution in [0.25, 0.3) is 0 Å². The van der Waals surface area contributed by atoms with Crippen LogP contribution in [-0.2, 0) is 13.2 Å². The maximum absolute atomic E-state index is 9.51. The van der Waals surface area contributed by atoms with Gasteiger partial charge in [-0.2, -0.15) is 0 Å². The third kappa shape index (κ3) is 3.81. The van der Waals surface area contributed by atoms with Gasteiger partial charge in [-0.25, -0.2) is 0 Å². The van der Waals surface area contributed by atoms with Gasteiger partial charge in [-0.3, -0.25) is 0 Å². The van der Waals surface area contributed by atoms with E-state index in [0.717, 1.165) is 22.4 Å². The summed E-state index contributed by atoms with van der Waals surface area (Å²) in [6, 6.07) is 15.1. The Balaban J connectivity index is 1.99. The van der Waals surface area contributed by atoms with Crippen molar-refractivity contribution in [2.24, 2.45) is 0 Å². The zero-order valence-electron chi connectivity index (χ0n) is 10.9. The Hall–Kier alpha value is -1.84. The second-order valence-electron chi connectivity index (χ2n) is 4.51. The molecule has 2 rings (SSSR count). The Bertz CT molecular complexity index is 518. The standard InChI is InChI=1S/C16H18O3/c1-12(18)15-3-2-4-16(9-15)19-11-14-7-5-13(10-17)6-8-14/h2-9,12,17-18H,10-11H2,1H3/t12-/m0/s1. The van der Waals surface area contributed by atoms with E-state index in [1.54, 1.807) is 6.92 Å². The molecule has 100 valence electrons. The first kappa shape index (κ1) is 13.6. The van der Waals surface area contributed by atoms with Gasteiger partial charge >= 0.3 is 0 Å². The molecule has 0 amide bonds. The molecule has 2 aromatic carbocycles. The van der Waals surface area contributed by atoms with Crippen molar-refractivity contribution in [3.63, 3.8) is 0 Å². The molecule has 2 N–H and O–H groups in total. The summed E-state index contributed by atoms with van der Waals surface area (Å²) in [5, 5.41) is 18.5. The van der Waals surface area contributed by atoms with E-state index in [4.69, 9.17) is 9.84 Å². The van der Waals surface area contributed by atoms with Gasteiger partial charge in [0.05, 0.1) is 12.7 Å². The van der Waals surface area contributed by atoms with Gasteiger partial charge < -0.3 is 14.9 Å². The minimum atomic E-state index is -0.493. The smallest absolute Gasteiger partial charge is 0.120 e. The quantitative estimate of drug-likeness (QED) is 0.867. The Labute approximate surface area is 113 Å². The van der Waals surface area contributed by atoms with E-state index in [2.05, 4.69) is 0 Å². The molecule has 0 aliphatic heterocycles. The number of benzene rings is 2. The molecule has 0 aromatic heterocycles. The molecule has 0 aliphatic carbocycles. The predicted octanol–water partition coefficient (Wildman–Crippen LogP) is 2.81. The van der Waals surface area contributed by atoms with E-state index >= 15 is 0 Å². The number of ether oxygens (including phenoxy) is 1. The van der Waals surface area contributed by atoms with Crippen LogP contribution in [0.1, 0.15) is 29.7 Å². The van der Waals surface area contributed by atoms with E-state index in [0.29, 0.717) is 6.61 Å². The molecule has 0 aliphatic rings. The largest absolute Gasteiger partial charge is 0.489 e. The van der Waals surface area contributed by atoms with Gasteiger partial charge in [0.1, 0.15) is 12.4 Å². The second-order valence-corrected chi connectivity index (χ2v) is 4.51. The molecule has 0 radical (unpaired) electrons. The van der Waals surface area contributed by atoms with Crippen molar-refractivity contribution in [1.82, 2.24) is 0 Å². The van der Waals surface area contributed by atoms with E-state index in [1.165, 1.54) is 0 Å². The van der Waals surface area contributed by atoms with Crippen LogP contribution >= 0.6 is 0 Å². The van der Waals surface area contributed by atoms with Crippen molar-refractivity contribution in [2.45, 2.75) is 26.2 Å². The van der Waals surface area contributed by atoms with Gasteiger partial charge in [-0.05, 0) is 35.7 Å². The van der Waals surface area contributed by atoms with Crippen LogP contribution < -0.4 is 4.74 Å². The highest BCUT2D eigenvalue weighted by Crippen LogP contribution is 2.19. The Morgan fingerprint density at radius 1 is 1.05 bits per heavy atom. The Morgan fingerprint density at radius 2 is 1.74 bits per heavy atom. The van der Waals surface area contributed by atoms with E-state index in [9.17, 15) is 5.11 Å². The van der Waals surface area contributed by atoms with Crippen molar-refractivity contribution < 1.29 is 14.9 Å². The van der Waals surface area contributed by atoms with Gasteiger partial charge in [-0.15, -0.1) is 0 Å². The number of aliphatic hydroxyl groups is 2. The minimum absolute atomic E-state index is 0.0531. The highest BCUT2D eigenvalue weighted by atomic mass is 16.5. The third-order valence-corrected chi connectivity index (χ3v) is 2.95. The summed E-state index contributed by atoms with van der Waals surface area (Å²) >= 11 is 0. The van der Waals surface area contributed by atoms with Crippen molar-refractivity contribution >= 4 is 0 Å². The first-order chi connectivity index (χ1) is 9.19. The predicted molar refractivity (Wildman–Crippen MR) is 73.8 cm³/mol. The number of hydrogen-bond donors (Lipinski definition) is 2. The highest BCUT2D eigenvalue weighted by Gasteiger charge is 2.02. The van der Waals surface area contributed by atoms with Crippen LogP contribution in [0.15, 0.2) is 48.5 Å². The molecule has 2 aromatic rings. The van der Waals surface area contributed by atoms with Gasteiger partial charge in [0.15, 0.2) is 0 Å². The normalized spacial score (nSPS) is 12.2. The fourth-order valence-corrected chi connectivity index (χ4v) is 1.77. The molecule has 0 fully saturated rings. The first-order valence-corrected chi connectivity index (χ1v) is 6.28. The monoisotopic (exact) mass is 258 g/mol. The molecule has 19 heavy (non-hydrogen) atoms. The third-order valence-electron chi connectivity index (χ3n) is 2.95. The van der Waals surface area contributed by atoms with E-state index < -0.39 is 6.10 Å². The summed E-state index contributed by atoms with van der Waals surface area (Å²) in [5.74, 6) is 0.740. The molecule has 0 unspecified atom stereocenters. The van der Waals surface area contributed by atoms with Crippen LogP contribution in [0.5, 0.6) is 5.75 Å². The van der Waals surface area contributed by atoms with Gasteiger partial charge in [0.2, 0.25) is 0 Å². The SMILES string of the molecule is C[C@H](O)c1cccc(OCc2ccc(CO)cc2)c1. The molecule has 0 saturated carbocycles. The fraction of sp³-hybridized carbons (Fsp3) is 0.250. The maximum Gasteiger partial charge on any atom is 0.120 e. The summed E-state index contributed by atoms with van der Waals surface area (Å²) in [6.07, 6.45) is -0.493. The van der Waals surface area contributed by atoms with E-state index in [1.807, 2.05) is 48.5 Å². The van der Waals surface area contributed by atoms with Crippen molar-refractivity contribution in [3.8, 4) is 5.75 Å².